The Kier molecular flexibility index (Phi) is 4.80. The first kappa shape index (κ1) is 18.1. The van der Waals surface area contributed by atoms with Crippen LogP contribution < -0.4 is 5.01 Å². The summed E-state index contributed by atoms with van der Waals surface area (Å²) in [4.78, 5) is 38.1. The van der Waals surface area contributed by atoms with Crippen LogP contribution in [0.5, 0.6) is 0 Å². The van der Waals surface area contributed by atoms with Gasteiger partial charge >= 0.3 is 5.97 Å². The van der Waals surface area contributed by atoms with Gasteiger partial charge in [-0.2, -0.15) is 5.10 Å². The highest BCUT2D eigenvalue weighted by Gasteiger charge is 2.40. The third-order valence-corrected chi connectivity index (χ3v) is 5.21. The Balaban J connectivity index is 1.88. The zero-order valence-electron chi connectivity index (χ0n) is 15.2. The number of nitrogens with zero attached hydrogens (tertiary/aromatic N) is 3. The summed E-state index contributed by atoms with van der Waals surface area (Å²) in [5.41, 5.74) is 2.90. The topological polar surface area (TPSA) is 90.3 Å². The Morgan fingerprint density at radius 1 is 1.23 bits per heavy atom. The van der Waals surface area contributed by atoms with Crippen molar-refractivity contribution in [2.75, 3.05) is 11.6 Å². The van der Waals surface area contributed by atoms with E-state index < -0.39 is 11.9 Å². The fourth-order valence-electron chi connectivity index (χ4n) is 3.57. The Bertz CT molecular complexity index is 802. The predicted octanol–water partition coefficient (Wildman–Crippen LogP) is 2.11. The van der Waals surface area contributed by atoms with Gasteiger partial charge in [-0.1, -0.05) is 12.1 Å². The molecule has 2 heterocycles. The average Bonchev–Trinajstić information content (AvgIpc) is 2.99. The maximum atomic E-state index is 12.9. The largest absolute Gasteiger partial charge is 0.481 e. The lowest BCUT2D eigenvalue weighted by molar-refractivity contribution is -0.142. The summed E-state index contributed by atoms with van der Waals surface area (Å²) in [6.07, 6.45) is 0.928. The molecule has 1 saturated heterocycles. The Labute approximate surface area is 152 Å². The molecule has 0 spiro atoms. The summed E-state index contributed by atoms with van der Waals surface area (Å²) in [5.74, 6) is -1.86. The standard InChI is InChI=1S/C19H23N3O4/c1-11-4-5-12(2)16(10-11)22-17(23)7-6-15(20-22)18(24)21-9-8-14(13(21)3)19(25)26/h4-5,10,13-14H,6-9H2,1-3H3,(H,25,26). The minimum atomic E-state index is -0.884. The molecule has 2 amide bonds. The lowest BCUT2D eigenvalue weighted by Crippen LogP contribution is -2.44. The number of carbonyl (C=O) groups excluding carboxylic acids is 2. The van der Waals surface area contributed by atoms with Crippen molar-refractivity contribution in [3.8, 4) is 0 Å². The second kappa shape index (κ2) is 6.90. The highest BCUT2D eigenvalue weighted by atomic mass is 16.4. The monoisotopic (exact) mass is 357 g/mol. The van der Waals surface area contributed by atoms with Crippen LogP contribution in [0, 0.1) is 19.8 Å². The van der Waals surface area contributed by atoms with Crippen LogP contribution in [-0.2, 0) is 14.4 Å². The molecule has 26 heavy (non-hydrogen) atoms. The fourth-order valence-corrected chi connectivity index (χ4v) is 3.57. The number of amides is 2. The summed E-state index contributed by atoms with van der Waals surface area (Å²) < 4.78 is 0. The quantitative estimate of drug-likeness (QED) is 0.897. The molecule has 7 heteroatoms. The van der Waals surface area contributed by atoms with E-state index in [2.05, 4.69) is 5.10 Å². The van der Waals surface area contributed by atoms with Crippen LogP contribution in [0.25, 0.3) is 0 Å². The van der Waals surface area contributed by atoms with Gasteiger partial charge in [0.2, 0.25) is 5.91 Å². The number of hydrogen-bond donors (Lipinski definition) is 1. The van der Waals surface area contributed by atoms with Crippen LogP contribution >= 0.6 is 0 Å². The molecular formula is C19H23N3O4. The van der Waals surface area contributed by atoms with Crippen molar-refractivity contribution < 1.29 is 19.5 Å². The summed E-state index contributed by atoms with van der Waals surface area (Å²) in [5, 5.41) is 14.9. The van der Waals surface area contributed by atoms with E-state index in [0.717, 1.165) is 11.1 Å². The first-order chi connectivity index (χ1) is 12.3. The number of carboxylic acids is 1. The molecule has 7 nitrogen and oxygen atoms in total. The molecule has 2 aliphatic rings. The first-order valence-corrected chi connectivity index (χ1v) is 8.81. The third-order valence-electron chi connectivity index (χ3n) is 5.21. The summed E-state index contributed by atoms with van der Waals surface area (Å²) in [7, 11) is 0. The molecule has 0 aliphatic carbocycles. The van der Waals surface area contributed by atoms with Gasteiger partial charge in [-0.05, 0) is 44.4 Å². The number of likely N-dealkylation sites (tertiary alicyclic amines) is 1. The molecule has 2 atom stereocenters. The van der Waals surface area contributed by atoms with E-state index in [1.807, 2.05) is 32.0 Å². The van der Waals surface area contributed by atoms with E-state index in [1.165, 1.54) is 5.01 Å². The van der Waals surface area contributed by atoms with Gasteiger partial charge in [-0.15, -0.1) is 0 Å². The number of aliphatic carboxylic acids is 1. The molecule has 0 aromatic heterocycles. The Morgan fingerprint density at radius 2 is 1.96 bits per heavy atom. The highest BCUT2D eigenvalue weighted by molar-refractivity contribution is 6.40. The molecule has 1 fully saturated rings. The minimum absolute atomic E-state index is 0.145. The molecular weight excluding hydrogens is 334 g/mol. The molecule has 138 valence electrons. The van der Waals surface area contributed by atoms with Crippen molar-refractivity contribution in [3.05, 3.63) is 29.3 Å². The lowest BCUT2D eigenvalue weighted by Gasteiger charge is -2.28. The van der Waals surface area contributed by atoms with Crippen LogP contribution in [0.1, 0.15) is 37.3 Å². The molecule has 1 aromatic carbocycles. The average molecular weight is 357 g/mol. The molecule has 0 bridgehead atoms. The minimum Gasteiger partial charge on any atom is -0.481 e. The number of aryl methyl sites for hydroxylation is 2. The van der Waals surface area contributed by atoms with Crippen LogP contribution in [0.4, 0.5) is 5.69 Å². The van der Waals surface area contributed by atoms with E-state index in [4.69, 9.17) is 0 Å². The Hall–Kier alpha value is -2.70. The van der Waals surface area contributed by atoms with Crippen LogP contribution in [0.2, 0.25) is 0 Å². The summed E-state index contributed by atoms with van der Waals surface area (Å²) in [6, 6.07) is 5.38. The second-order valence-electron chi connectivity index (χ2n) is 7.01. The third kappa shape index (κ3) is 3.21. The normalized spacial score (nSPS) is 23.2. The number of hydrogen-bond acceptors (Lipinski definition) is 4. The van der Waals surface area contributed by atoms with Gasteiger partial charge in [0.1, 0.15) is 5.71 Å². The van der Waals surface area contributed by atoms with Crippen LogP contribution in [0.15, 0.2) is 23.3 Å². The summed E-state index contributed by atoms with van der Waals surface area (Å²) in [6.45, 7) is 5.98. The maximum Gasteiger partial charge on any atom is 0.308 e. The molecule has 2 unspecified atom stereocenters. The van der Waals surface area contributed by atoms with Crippen LogP contribution in [0.3, 0.4) is 0 Å². The van der Waals surface area contributed by atoms with Gasteiger partial charge < -0.3 is 10.0 Å². The zero-order valence-corrected chi connectivity index (χ0v) is 15.2. The predicted molar refractivity (Wildman–Crippen MR) is 97.0 cm³/mol. The second-order valence-corrected chi connectivity index (χ2v) is 7.01. The molecule has 3 rings (SSSR count). The van der Waals surface area contributed by atoms with Crippen molar-refractivity contribution >= 4 is 29.2 Å². The molecule has 0 saturated carbocycles. The molecule has 0 radical (unpaired) electrons. The number of hydrazone groups is 1. The molecule has 1 aromatic rings. The zero-order chi connectivity index (χ0) is 19.0. The number of benzene rings is 1. The Morgan fingerprint density at radius 3 is 2.62 bits per heavy atom. The number of anilines is 1. The number of carbonyl (C=O) groups is 3. The van der Waals surface area contributed by atoms with Gasteiger partial charge in [-0.3, -0.25) is 14.4 Å². The maximum absolute atomic E-state index is 12.9. The lowest BCUT2D eigenvalue weighted by atomic mass is 10.0. The first-order valence-electron chi connectivity index (χ1n) is 8.81. The van der Waals surface area contributed by atoms with Crippen molar-refractivity contribution in [2.24, 2.45) is 11.0 Å². The SMILES string of the molecule is Cc1ccc(C)c(N2N=C(C(=O)N3CCC(C(=O)O)C3C)CCC2=O)c1. The van der Waals surface area contributed by atoms with Gasteiger partial charge in [-0.25, -0.2) is 5.01 Å². The number of rotatable bonds is 3. The van der Waals surface area contributed by atoms with E-state index >= 15 is 0 Å². The van der Waals surface area contributed by atoms with Gasteiger partial charge in [0, 0.05) is 25.4 Å². The van der Waals surface area contributed by atoms with Crippen molar-refractivity contribution in [1.82, 2.24) is 4.90 Å². The fraction of sp³-hybridized carbons (Fsp3) is 0.474. The van der Waals surface area contributed by atoms with Crippen molar-refractivity contribution in [2.45, 2.75) is 46.1 Å². The van der Waals surface area contributed by atoms with Gasteiger partial charge in [0.05, 0.1) is 11.6 Å². The van der Waals surface area contributed by atoms with E-state index in [-0.39, 0.29) is 30.7 Å². The molecule has 1 N–H and O–H groups in total. The van der Waals surface area contributed by atoms with Crippen molar-refractivity contribution in [3.63, 3.8) is 0 Å². The van der Waals surface area contributed by atoms with Crippen LogP contribution in [-0.4, -0.2) is 46.1 Å². The smallest absolute Gasteiger partial charge is 0.308 e. The summed E-state index contributed by atoms with van der Waals surface area (Å²) >= 11 is 0. The van der Waals surface area contributed by atoms with Gasteiger partial charge in [0.15, 0.2) is 0 Å². The molecule has 2 aliphatic heterocycles. The van der Waals surface area contributed by atoms with Gasteiger partial charge in [0.25, 0.3) is 5.91 Å². The van der Waals surface area contributed by atoms with Crippen molar-refractivity contribution in [1.29, 1.82) is 0 Å². The highest BCUT2D eigenvalue weighted by Crippen LogP contribution is 2.28. The number of carboxylic acid groups (broad SMARTS) is 1. The van der Waals surface area contributed by atoms with E-state index in [9.17, 15) is 19.5 Å². The van der Waals surface area contributed by atoms with E-state index in [0.29, 0.717) is 24.4 Å². The van der Waals surface area contributed by atoms with E-state index in [1.54, 1.807) is 11.8 Å².